The fourth-order valence-electron chi connectivity index (χ4n) is 5.40. The highest BCUT2D eigenvalue weighted by Gasteiger charge is 2.38. The highest BCUT2D eigenvalue weighted by Crippen LogP contribution is 2.31. The number of nitrogens with zero attached hydrogens (tertiary/aromatic N) is 4. The smallest absolute Gasteiger partial charge is 0.245 e. The molecule has 0 radical (unpaired) electrons. The van der Waals surface area contributed by atoms with Gasteiger partial charge in [-0.05, 0) is 35.4 Å². The molecule has 1 saturated carbocycles. The molecule has 2 fully saturated rings. The Bertz CT molecular complexity index is 972. The number of carbonyl (C=O) groups excluding carboxylic acids is 3. The van der Waals surface area contributed by atoms with Crippen molar-refractivity contribution in [2.24, 2.45) is 17.3 Å². The third kappa shape index (κ3) is 8.27. The maximum absolute atomic E-state index is 13.6. The van der Waals surface area contributed by atoms with E-state index in [0.29, 0.717) is 62.1 Å². The molecule has 1 saturated heterocycles. The summed E-state index contributed by atoms with van der Waals surface area (Å²) in [5.74, 6) is -0.585. The second kappa shape index (κ2) is 13.0. The summed E-state index contributed by atoms with van der Waals surface area (Å²) in [4.78, 5) is 42.1. The van der Waals surface area contributed by atoms with Crippen molar-refractivity contribution in [3.05, 3.63) is 35.4 Å². The topological polar surface area (TPSA) is 117 Å². The minimum absolute atomic E-state index is 0.0808. The van der Waals surface area contributed by atoms with E-state index in [2.05, 4.69) is 16.3 Å². The Hall–Kier alpha value is -2.96. The minimum atomic E-state index is -0.715. The molecule has 37 heavy (non-hydrogen) atoms. The molecule has 1 aliphatic heterocycles. The van der Waals surface area contributed by atoms with Crippen LogP contribution >= 0.6 is 0 Å². The number of amides is 3. The second-order valence-electron chi connectivity index (χ2n) is 11.5. The molecule has 2 atom stereocenters. The zero-order valence-corrected chi connectivity index (χ0v) is 22.4. The summed E-state index contributed by atoms with van der Waals surface area (Å²) in [6.45, 7) is 8.96. The van der Waals surface area contributed by atoms with Crippen LogP contribution in [0.3, 0.4) is 0 Å². The predicted octanol–water partition coefficient (Wildman–Crippen LogP) is 2.78. The first kappa shape index (κ1) is 28.6. The largest absolute Gasteiger partial charge is 0.344 e. The lowest BCUT2D eigenvalue weighted by Crippen LogP contribution is -2.59. The number of hydroxylamine groups is 2. The molecule has 2 aliphatic rings. The van der Waals surface area contributed by atoms with E-state index in [-0.39, 0.29) is 18.4 Å². The van der Waals surface area contributed by atoms with Gasteiger partial charge in [-0.15, -0.1) is 0 Å². The molecule has 1 aliphatic carbocycles. The van der Waals surface area contributed by atoms with Crippen LogP contribution in [0.25, 0.3) is 0 Å². The fourth-order valence-corrected chi connectivity index (χ4v) is 5.40. The highest BCUT2D eigenvalue weighted by atomic mass is 16.5. The molecule has 9 heteroatoms. The van der Waals surface area contributed by atoms with Crippen molar-refractivity contribution < 1.29 is 19.6 Å². The van der Waals surface area contributed by atoms with Gasteiger partial charge in [0.25, 0.3) is 0 Å². The van der Waals surface area contributed by atoms with E-state index < -0.39 is 17.4 Å². The number of nitrogens with one attached hydrogen (secondary N) is 1. The normalized spacial score (nSPS) is 18.6. The fraction of sp³-hybridized carbons (Fsp3) is 0.643. The Labute approximate surface area is 220 Å². The zero-order chi connectivity index (χ0) is 27.0. The minimum Gasteiger partial charge on any atom is -0.344 e. The summed E-state index contributed by atoms with van der Waals surface area (Å²) in [7, 11) is 0. The van der Waals surface area contributed by atoms with Crippen molar-refractivity contribution in [3.8, 4) is 6.07 Å². The number of carbonyl (C=O) groups is 3. The summed E-state index contributed by atoms with van der Waals surface area (Å²) in [5, 5.41) is 22.5. The number of hydrogen-bond donors (Lipinski definition) is 2. The molecule has 3 rings (SSSR count). The summed E-state index contributed by atoms with van der Waals surface area (Å²) < 4.78 is 0. The van der Waals surface area contributed by atoms with Crippen LogP contribution in [0.5, 0.6) is 0 Å². The number of rotatable bonds is 10. The maximum Gasteiger partial charge on any atom is 0.245 e. The molecule has 1 aromatic carbocycles. The molecule has 3 amide bonds. The monoisotopic (exact) mass is 511 g/mol. The standard InChI is InChI=1S/C28H41N5O4/c1-28(2,3)25(30-26(35)24(19-33(37)20-34)16-21-7-4-5-8-21)27(36)32-13-11-31(12-14-32)18-23-10-6-9-22(15-23)17-29/h6,9-10,15,20-21,24-25,37H,4-5,7-8,11-14,16,18-19H2,1-3H3,(H,30,35)/t24-,25+/m0/s1. The molecule has 1 aromatic rings. The van der Waals surface area contributed by atoms with Gasteiger partial charge in [0.2, 0.25) is 18.2 Å². The van der Waals surface area contributed by atoms with Gasteiger partial charge in [-0.1, -0.05) is 58.6 Å². The van der Waals surface area contributed by atoms with E-state index in [4.69, 9.17) is 5.26 Å². The molecular formula is C28H41N5O4. The van der Waals surface area contributed by atoms with Crippen LogP contribution in [0, 0.1) is 28.6 Å². The molecule has 0 spiro atoms. The highest BCUT2D eigenvalue weighted by molar-refractivity contribution is 5.89. The first-order chi connectivity index (χ1) is 17.6. The Balaban J connectivity index is 1.62. The van der Waals surface area contributed by atoms with Gasteiger partial charge in [0.15, 0.2) is 0 Å². The van der Waals surface area contributed by atoms with Crippen LogP contribution in [0.1, 0.15) is 64.0 Å². The lowest BCUT2D eigenvalue weighted by Gasteiger charge is -2.40. The molecule has 2 N–H and O–H groups in total. The zero-order valence-electron chi connectivity index (χ0n) is 22.4. The van der Waals surface area contributed by atoms with E-state index in [0.717, 1.165) is 31.2 Å². The average molecular weight is 512 g/mol. The predicted molar refractivity (Wildman–Crippen MR) is 139 cm³/mol. The number of piperazine rings is 1. The van der Waals surface area contributed by atoms with E-state index in [1.165, 1.54) is 0 Å². The van der Waals surface area contributed by atoms with Gasteiger partial charge in [0.1, 0.15) is 6.04 Å². The summed E-state index contributed by atoms with van der Waals surface area (Å²) in [6.07, 6.45) is 5.26. The van der Waals surface area contributed by atoms with Gasteiger partial charge in [-0.2, -0.15) is 5.26 Å². The molecule has 9 nitrogen and oxygen atoms in total. The summed E-state index contributed by atoms with van der Waals surface area (Å²) >= 11 is 0. The van der Waals surface area contributed by atoms with Gasteiger partial charge in [0, 0.05) is 32.7 Å². The van der Waals surface area contributed by atoms with Crippen LogP contribution in [0.2, 0.25) is 0 Å². The van der Waals surface area contributed by atoms with Crippen LogP contribution in [-0.2, 0) is 20.9 Å². The Kier molecular flexibility index (Phi) is 10.1. The van der Waals surface area contributed by atoms with Gasteiger partial charge in [0.05, 0.1) is 24.1 Å². The van der Waals surface area contributed by atoms with Crippen molar-refractivity contribution >= 4 is 18.2 Å². The van der Waals surface area contributed by atoms with Crippen molar-refractivity contribution in [3.63, 3.8) is 0 Å². The van der Waals surface area contributed by atoms with Crippen molar-refractivity contribution in [2.75, 3.05) is 32.7 Å². The van der Waals surface area contributed by atoms with Crippen LogP contribution in [0.4, 0.5) is 0 Å². The number of hydrogen-bond acceptors (Lipinski definition) is 6. The molecular weight excluding hydrogens is 470 g/mol. The van der Waals surface area contributed by atoms with Crippen LogP contribution in [-0.4, -0.2) is 77.1 Å². The van der Waals surface area contributed by atoms with Gasteiger partial charge in [-0.3, -0.25) is 24.5 Å². The third-order valence-corrected chi connectivity index (χ3v) is 7.54. The Morgan fingerprint density at radius 1 is 1.22 bits per heavy atom. The number of nitriles is 1. The van der Waals surface area contributed by atoms with Gasteiger partial charge in [-0.25, -0.2) is 5.06 Å². The lowest BCUT2D eigenvalue weighted by molar-refractivity contribution is -0.156. The number of benzene rings is 1. The van der Waals surface area contributed by atoms with Crippen molar-refractivity contribution in [1.82, 2.24) is 20.2 Å². The summed E-state index contributed by atoms with van der Waals surface area (Å²) in [6, 6.07) is 9.02. The van der Waals surface area contributed by atoms with E-state index >= 15 is 0 Å². The second-order valence-corrected chi connectivity index (χ2v) is 11.5. The molecule has 0 bridgehead atoms. The molecule has 202 valence electrons. The summed E-state index contributed by atoms with van der Waals surface area (Å²) in [5.41, 5.74) is 1.20. The third-order valence-electron chi connectivity index (χ3n) is 7.54. The first-order valence-electron chi connectivity index (χ1n) is 13.3. The maximum atomic E-state index is 13.6. The quantitative estimate of drug-likeness (QED) is 0.283. The SMILES string of the molecule is CC(C)(C)[C@H](NC(=O)[C@@H](CC1CCCC1)CN(O)C=O)C(=O)N1CCN(Cc2cccc(C#N)c2)CC1. The average Bonchev–Trinajstić information content (AvgIpc) is 3.39. The van der Waals surface area contributed by atoms with E-state index in [1.54, 1.807) is 6.07 Å². The van der Waals surface area contributed by atoms with Crippen LogP contribution < -0.4 is 5.32 Å². The molecule has 0 aromatic heterocycles. The molecule has 1 heterocycles. The lowest BCUT2D eigenvalue weighted by atomic mass is 9.84. The Morgan fingerprint density at radius 3 is 2.49 bits per heavy atom. The first-order valence-corrected chi connectivity index (χ1v) is 13.3. The van der Waals surface area contributed by atoms with Crippen molar-refractivity contribution in [1.29, 1.82) is 5.26 Å². The Morgan fingerprint density at radius 2 is 1.89 bits per heavy atom. The van der Waals surface area contributed by atoms with E-state index in [9.17, 15) is 19.6 Å². The van der Waals surface area contributed by atoms with Gasteiger partial charge >= 0.3 is 0 Å². The van der Waals surface area contributed by atoms with Crippen LogP contribution in [0.15, 0.2) is 24.3 Å². The van der Waals surface area contributed by atoms with Crippen molar-refractivity contribution in [2.45, 2.75) is 65.5 Å². The van der Waals surface area contributed by atoms with E-state index in [1.807, 2.05) is 43.9 Å². The van der Waals surface area contributed by atoms with Gasteiger partial charge < -0.3 is 10.2 Å². The molecule has 0 unspecified atom stereocenters.